The minimum Gasteiger partial charge on any atom is -0.339 e. The van der Waals surface area contributed by atoms with Crippen LogP contribution in [0.15, 0.2) is 4.52 Å². The lowest BCUT2D eigenvalue weighted by Crippen LogP contribution is -2.41. The molecule has 2 fully saturated rings. The largest absolute Gasteiger partial charge is 0.339 e. The molecule has 0 spiro atoms. The van der Waals surface area contributed by atoms with Crippen LogP contribution in [0, 0.1) is 0 Å². The van der Waals surface area contributed by atoms with Gasteiger partial charge in [0.15, 0.2) is 5.82 Å². The lowest BCUT2D eigenvalue weighted by Gasteiger charge is -2.30. The molecule has 2 aliphatic rings. The molecular formula is C15H25N3O. The zero-order chi connectivity index (χ0) is 13.1. The molecule has 106 valence electrons. The third kappa shape index (κ3) is 2.83. The Morgan fingerprint density at radius 3 is 2.63 bits per heavy atom. The van der Waals surface area contributed by atoms with E-state index in [1.165, 1.54) is 44.9 Å². The number of nitrogens with zero attached hydrogens (tertiary/aromatic N) is 2. The summed E-state index contributed by atoms with van der Waals surface area (Å²) in [4.78, 5) is 4.75. The van der Waals surface area contributed by atoms with E-state index in [-0.39, 0.29) is 5.41 Å². The summed E-state index contributed by atoms with van der Waals surface area (Å²) in [6, 6.07) is 0. The molecule has 1 aromatic heterocycles. The predicted octanol–water partition coefficient (Wildman–Crippen LogP) is 3.15. The van der Waals surface area contributed by atoms with Crippen LogP contribution in [0.25, 0.3) is 0 Å². The third-order valence-corrected chi connectivity index (χ3v) is 4.78. The van der Waals surface area contributed by atoms with E-state index in [0.29, 0.717) is 5.92 Å². The van der Waals surface area contributed by atoms with Crippen LogP contribution in [0.5, 0.6) is 0 Å². The molecule has 0 amide bonds. The van der Waals surface area contributed by atoms with Gasteiger partial charge in [-0.2, -0.15) is 4.98 Å². The molecule has 4 heteroatoms. The topological polar surface area (TPSA) is 51.0 Å². The summed E-state index contributed by atoms with van der Waals surface area (Å²) in [5, 5.41) is 7.73. The first-order valence-corrected chi connectivity index (χ1v) is 7.83. The second kappa shape index (κ2) is 5.61. The number of nitrogens with one attached hydrogen (secondary N) is 1. The smallest absolute Gasteiger partial charge is 0.233 e. The van der Waals surface area contributed by atoms with Crippen LogP contribution in [0.1, 0.15) is 75.9 Å². The van der Waals surface area contributed by atoms with Gasteiger partial charge in [-0.05, 0) is 39.2 Å². The standard InChI is InChI=1S/C15H25N3O/c1-15(9-6-10-16-11-15)14-17-13(18-19-14)12-7-4-2-3-5-8-12/h12,16H,2-11H2,1H3. The van der Waals surface area contributed by atoms with E-state index in [4.69, 9.17) is 9.51 Å². The summed E-state index contributed by atoms with van der Waals surface area (Å²) in [7, 11) is 0. The molecule has 3 rings (SSSR count). The third-order valence-electron chi connectivity index (χ3n) is 4.78. The minimum atomic E-state index is 0.0359. The Labute approximate surface area is 115 Å². The zero-order valence-corrected chi connectivity index (χ0v) is 12.0. The average molecular weight is 263 g/mol. The molecule has 1 aromatic rings. The van der Waals surface area contributed by atoms with Gasteiger partial charge in [0.1, 0.15) is 0 Å². The van der Waals surface area contributed by atoms with Gasteiger partial charge in [-0.3, -0.25) is 0 Å². The van der Waals surface area contributed by atoms with Crippen molar-refractivity contribution in [2.75, 3.05) is 13.1 Å². The van der Waals surface area contributed by atoms with Crippen LogP contribution >= 0.6 is 0 Å². The second-order valence-corrected chi connectivity index (χ2v) is 6.49. The van der Waals surface area contributed by atoms with Gasteiger partial charge >= 0.3 is 0 Å². The van der Waals surface area contributed by atoms with E-state index >= 15 is 0 Å². The molecule has 1 aliphatic heterocycles. The highest BCUT2D eigenvalue weighted by atomic mass is 16.5. The van der Waals surface area contributed by atoms with E-state index in [2.05, 4.69) is 17.4 Å². The van der Waals surface area contributed by atoms with Gasteiger partial charge in [0.05, 0.1) is 5.41 Å². The molecule has 2 heterocycles. The van der Waals surface area contributed by atoms with E-state index in [9.17, 15) is 0 Å². The van der Waals surface area contributed by atoms with Crippen molar-refractivity contribution in [2.45, 2.75) is 69.6 Å². The van der Waals surface area contributed by atoms with Crippen molar-refractivity contribution >= 4 is 0 Å². The number of hydrogen-bond donors (Lipinski definition) is 1. The fourth-order valence-electron chi connectivity index (χ4n) is 3.42. The fraction of sp³-hybridized carbons (Fsp3) is 0.867. The summed E-state index contributed by atoms with van der Waals surface area (Å²) < 4.78 is 5.60. The van der Waals surface area contributed by atoms with Gasteiger partial charge in [0, 0.05) is 12.5 Å². The Morgan fingerprint density at radius 1 is 1.16 bits per heavy atom. The van der Waals surface area contributed by atoms with Gasteiger partial charge < -0.3 is 9.84 Å². The van der Waals surface area contributed by atoms with Crippen molar-refractivity contribution < 1.29 is 4.52 Å². The highest BCUT2D eigenvalue weighted by Gasteiger charge is 2.35. The van der Waals surface area contributed by atoms with Crippen molar-refractivity contribution in [2.24, 2.45) is 0 Å². The van der Waals surface area contributed by atoms with E-state index in [0.717, 1.165) is 31.2 Å². The van der Waals surface area contributed by atoms with E-state index in [1.807, 2.05) is 0 Å². The molecule has 1 unspecified atom stereocenters. The van der Waals surface area contributed by atoms with Crippen molar-refractivity contribution in [3.8, 4) is 0 Å². The molecule has 0 radical (unpaired) electrons. The first kappa shape index (κ1) is 13.1. The molecule has 1 saturated heterocycles. The monoisotopic (exact) mass is 263 g/mol. The van der Waals surface area contributed by atoms with Gasteiger partial charge in [0.25, 0.3) is 0 Å². The lowest BCUT2D eigenvalue weighted by atomic mass is 9.82. The van der Waals surface area contributed by atoms with Gasteiger partial charge in [-0.25, -0.2) is 0 Å². The molecule has 0 bridgehead atoms. The van der Waals surface area contributed by atoms with Gasteiger partial charge in [-0.15, -0.1) is 0 Å². The van der Waals surface area contributed by atoms with Crippen molar-refractivity contribution in [3.05, 3.63) is 11.7 Å². The maximum Gasteiger partial charge on any atom is 0.233 e. The maximum atomic E-state index is 5.60. The van der Waals surface area contributed by atoms with Crippen LogP contribution in [0.3, 0.4) is 0 Å². The van der Waals surface area contributed by atoms with Crippen molar-refractivity contribution in [1.82, 2.24) is 15.5 Å². The normalized spacial score (nSPS) is 30.2. The maximum absolute atomic E-state index is 5.60. The van der Waals surface area contributed by atoms with Crippen molar-refractivity contribution in [3.63, 3.8) is 0 Å². The Balaban J connectivity index is 1.74. The summed E-state index contributed by atoms with van der Waals surface area (Å²) in [5.41, 5.74) is 0.0359. The number of hydrogen-bond acceptors (Lipinski definition) is 4. The van der Waals surface area contributed by atoms with Crippen molar-refractivity contribution in [1.29, 1.82) is 0 Å². The molecule has 1 atom stereocenters. The Morgan fingerprint density at radius 2 is 1.95 bits per heavy atom. The highest BCUT2D eigenvalue weighted by molar-refractivity contribution is 5.08. The first-order chi connectivity index (χ1) is 9.28. The van der Waals surface area contributed by atoms with Crippen LogP contribution in [-0.2, 0) is 5.41 Å². The molecule has 19 heavy (non-hydrogen) atoms. The molecule has 4 nitrogen and oxygen atoms in total. The summed E-state index contributed by atoms with van der Waals surface area (Å²) >= 11 is 0. The SMILES string of the molecule is CC1(c2nc(C3CCCCCC3)no2)CCCNC1. The van der Waals surface area contributed by atoms with Gasteiger partial charge in [-0.1, -0.05) is 30.8 Å². The second-order valence-electron chi connectivity index (χ2n) is 6.49. The summed E-state index contributed by atoms with van der Waals surface area (Å²) in [5.74, 6) is 2.34. The minimum absolute atomic E-state index is 0.0359. The van der Waals surface area contributed by atoms with Crippen LogP contribution < -0.4 is 5.32 Å². The lowest BCUT2D eigenvalue weighted by molar-refractivity contribution is 0.244. The quantitative estimate of drug-likeness (QED) is 0.833. The van der Waals surface area contributed by atoms with Crippen LogP contribution in [0.2, 0.25) is 0 Å². The van der Waals surface area contributed by atoms with Crippen LogP contribution in [-0.4, -0.2) is 23.2 Å². The van der Waals surface area contributed by atoms with E-state index < -0.39 is 0 Å². The first-order valence-electron chi connectivity index (χ1n) is 7.83. The fourth-order valence-corrected chi connectivity index (χ4v) is 3.42. The highest BCUT2D eigenvalue weighted by Crippen LogP contribution is 2.33. The number of rotatable bonds is 2. The molecular weight excluding hydrogens is 238 g/mol. The molecule has 1 aliphatic carbocycles. The summed E-state index contributed by atoms with van der Waals surface area (Å²) in [6.45, 7) is 4.31. The van der Waals surface area contributed by atoms with E-state index in [1.54, 1.807) is 0 Å². The molecule has 1 saturated carbocycles. The molecule has 1 N–H and O–H groups in total. The zero-order valence-electron chi connectivity index (χ0n) is 12.0. The summed E-state index contributed by atoms with van der Waals surface area (Å²) in [6.07, 6.45) is 10.2. The number of aromatic nitrogens is 2. The Kier molecular flexibility index (Phi) is 3.87. The molecule has 0 aromatic carbocycles. The number of piperidine rings is 1. The van der Waals surface area contributed by atoms with Crippen LogP contribution in [0.4, 0.5) is 0 Å². The van der Waals surface area contributed by atoms with Gasteiger partial charge in [0.2, 0.25) is 5.89 Å². The predicted molar refractivity (Wildman–Crippen MR) is 74.2 cm³/mol. The Bertz CT molecular complexity index is 401. The Hall–Kier alpha value is -0.900. The average Bonchev–Trinajstić information content (AvgIpc) is 2.77.